The van der Waals surface area contributed by atoms with E-state index in [0.717, 1.165) is 6.42 Å². The van der Waals surface area contributed by atoms with Crippen molar-refractivity contribution in [1.29, 1.82) is 5.26 Å². The van der Waals surface area contributed by atoms with E-state index in [4.69, 9.17) is 10.00 Å². The SMILES string of the molecule is CCCNC(=O)C1COCCN1c1nccnc1C#N. The number of aromatic nitrogens is 2. The molecule has 20 heavy (non-hydrogen) atoms. The monoisotopic (exact) mass is 275 g/mol. The van der Waals surface area contributed by atoms with E-state index in [0.29, 0.717) is 25.5 Å². The molecule has 2 rings (SSSR count). The molecule has 1 aliphatic heterocycles. The summed E-state index contributed by atoms with van der Waals surface area (Å²) in [4.78, 5) is 22.2. The van der Waals surface area contributed by atoms with Crippen molar-refractivity contribution in [3.8, 4) is 6.07 Å². The standard InChI is InChI=1S/C13H17N5O2/c1-2-3-17-13(19)11-9-20-7-6-18(11)12-10(8-14)15-4-5-16-12/h4-5,11H,2-3,6-7,9H2,1H3,(H,17,19). The van der Waals surface area contributed by atoms with Crippen molar-refractivity contribution in [2.24, 2.45) is 0 Å². The molecular weight excluding hydrogens is 258 g/mol. The molecule has 0 spiro atoms. The lowest BCUT2D eigenvalue weighted by molar-refractivity contribution is -0.124. The quantitative estimate of drug-likeness (QED) is 0.836. The van der Waals surface area contributed by atoms with Crippen LogP contribution in [0.1, 0.15) is 19.0 Å². The van der Waals surface area contributed by atoms with Crippen LogP contribution in [0.15, 0.2) is 12.4 Å². The molecule has 1 unspecified atom stereocenters. The van der Waals surface area contributed by atoms with Crippen molar-refractivity contribution in [3.63, 3.8) is 0 Å². The summed E-state index contributed by atoms with van der Waals surface area (Å²) in [6.07, 6.45) is 3.86. The molecule has 1 aromatic rings. The van der Waals surface area contributed by atoms with Gasteiger partial charge < -0.3 is 15.0 Å². The van der Waals surface area contributed by atoms with Crippen molar-refractivity contribution in [1.82, 2.24) is 15.3 Å². The minimum Gasteiger partial charge on any atom is -0.377 e. The van der Waals surface area contributed by atoms with Crippen molar-refractivity contribution < 1.29 is 9.53 Å². The first-order chi connectivity index (χ1) is 9.77. The predicted octanol–water partition coefficient (Wildman–Crippen LogP) is 0.0797. The Labute approximate surface area is 117 Å². The number of nitriles is 1. The number of carbonyl (C=O) groups is 1. The van der Waals surface area contributed by atoms with Crippen molar-refractivity contribution in [3.05, 3.63) is 18.1 Å². The van der Waals surface area contributed by atoms with Crippen molar-refractivity contribution in [2.45, 2.75) is 19.4 Å². The van der Waals surface area contributed by atoms with Crippen LogP contribution in [-0.2, 0) is 9.53 Å². The summed E-state index contributed by atoms with van der Waals surface area (Å²) in [7, 11) is 0. The molecule has 0 aromatic carbocycles. The summed E-state index contributed by atoms with van der Waals surface area (Å²) in [6.45, 7) is 3.91. The third-order valence-electron chi connectivity index (χ3n) is 3.04. The second-order valence-corrected chi connectivity index (χ2v) is 4.42. The Balaban J connectivity index is 2.22. The van der Waals surface area contributed by atoms with E-state index in [1.54, 1.807) is 4.90 Å². The highest BCUT2D eigenvalue weighted by Crippen LogP contribution is 2.19. The molecule has 1 fully saturated rings. The zero-order chi connectivity index (χ0) is 14.4. The number of hydrogen-bond donors (Lipinski definition) is 1. The van der Waals surface area contributed by atoms with E-state index in [1.807, 2.05) is 13.0 Å². The highest BCUT2D eigenvalue weighted by Gasteiger charge is 2.31. The van der Waals surface area contributed by atoms with Gasteiger partial charge >= 0.3 is 0 Å². The number of nitrogens with one attached hydrogen (secondary N) is 1. The fourth-order valence-electron chi connectivity index (χ4n) is 2.06. The molecule has 1 atom stereocenters. The number of anilines is 1. The zero-order valence-electron chi connectivity index (χ0n) is 11.4. The molecule has 7 heteroatoms. The third-order valence-corrected chi connectivity index (χ3v) is 3.04. The average molecular weight is 275 g/mol. The number of amides is 1. The molecule has 0 bridgehead atoms. The smallest absolute Gasteiger partial charge is 0.245 e. The molecule has 2 heterocycles. The molecule has 0 saturated carbocycles. The summed E-state index contributed by atoms with van der Waals surface area (Å²) in [5, 5.41) is 12.0. The van der Waals surface area contributed by atoms with Crippen LogP contribution in [-0.4, -0.2) is 48.2 Å². The van der Waals surface area contributed by atoms with E-state index in [1.165, 1.54) is 12.4 Å². The maximum absolute atomic E-state index is 12.2. The molecule has 106 valence electrons. The van der Waals surface area contributed by atoms with Gasteiger partial charge in [-0.1, -0.05) is 6.92 Å². The molecule has 1 aromatic heterocycles. The lowest BCUT2D eigenvalue weighted by atomic mass is 10.2. The van der Waals surface area contributed by atoms with E-state index < -0.39 is 6.04 Å². The second-order valence-electron chi connectivity index (χ2n) is 4.42. The Morgan fingerprint density at radius 1 is 1.60 bits per heavy atom. The average Bonchev–Trinajstić information content (AvgIpc) is 2.52. The number of carbonyl (C=O) groups excluding carboxylic acids is 1. The van der Waals surface area contributed by atoms with Crippen molar-refractivity contribution >= 4 is 11.7 Å². The molecular formula is C13H17N5O2. The van der Waals surface area contributed by atoms with Gasteiger partial charge in [0.15, 0.2) is 11.5 Å². The lowest BCUT2D eigenvalue weighted by Crippen LogP contribution is -2.54. The number of morpholine rings is 1. The van der Waals surface area contributed by atoms with Gasteiger partial charge in [0.25, 0.3) is 0 Å². The molecule has 1 saturated heterocycles. The van der Waals surface area contributed by atoms with Crippen LogP contribution in [0.3, 0.4) is 0 Å². The van der Waals surface area contributed by atoms with Gasteiger partial charge in [-0.3, -0.25) is 4.79 Å². The van der Waals surface area contributed by atoms with E-state index >= 15 is 0 Å². The van der Waals surface area contributed by atoms with Crippen LogP contribution in [0.5, 0.6) is 0 Å². The van der Waals surface area contributed by atoms with Crippen molar-refractivity contribution in [2.75, 3.05) is 31.2 Å². The Bertz CT molecular complexity index is 514. The summed E-state index contributed by atoms with van der Waals surface area (Å²) >= 11 is 0. The van der Waals surface area contributed by atoms with Gasteiger partial charge in [0.2, 0.25) is 5.91 Å². The fraction of sp³-hybridized carbons (Fsp3) is 0.538. The largest absolute Gasteiger partial charge is 0.377 e. The van der Waals surface area contributed by atoms with Crippen LogP contribution >= 0.6 is 0 Å². The fourth-order valence-corrected chi connectivity index (χ4v) is 2.06. The number of nitrogens with zero attached hydrogens (tertiary/aromatic N) is 4. The van der Waals surface area contributed by atoms with Gasteiger partial charge in [0.05, 0.1) is 13.2 Å². The molecule has 1 N–H and O–H groups in total. The zero-order valence-corrected chi connectivity index (χ0v) is 11.4. The minimum absolute atomic E-state index is 0.110. The van der Waals surface area contributed by atoms with E-state index in [9.17, 15) is 4.79 Å². The molecule has 0 aliphatic carbocycles. The Kier molecular flexibility index (Phi) is 4.85. The Morgan fingerprint density at radius 3 is 3.15 bits per heavy atom. The van der Waals surface area contributed by atoms with Crippen LogP contribution in [0.25, 0.3) is 0 Å². The number of rotatable bonds is 4. The summed E-state index contributed by atoms with van der Waals surface area (Å²) < 4.78 is 5.37. The Morgan fingerprint density at radius 2 is 2.40 bits per heavy atom. The van der Waals surface area contributed by atoms with Gasteiger partial charge in [0.1, 0.15) is 12.1 Å². The maximum Gasteiger partial charge on any atom is 0.245 e. The number of ether oxygens (including phenoxy) is 1. The van der Waals surface area contributed by atoms with Crippen LogP contribution in [0.2, 0.25) is 0 Å². The lowest BCUT2D eigenvalue weighted by Gasteiger charge is -2.35. The number of hydrogen-bond acceptors (Lipinski definition) is 6. The first-order valence-electron chi connectivity index (χ1n) is 6.61. The first-order valence-corrected chi connectivity index (χ1v) is 6.61. The highest BCUT2D eigenvalue weighted by atomic mass is 16.5. The second kappa shape index (κ2) is 6.82. The predicted molar refractivity (Wildman–Crippen MR) is 72.0 cm³/mol. The van der Waals surface area contributed by atoms with E-state index in [-0.39, 0.29) is 18.2 Å². The topological polar surface area (TPSA) is 91.1 Å². The minimum atomic E-state index is -0.473. The maximum atomic E-state index is 12.2. The van der Waals surface area contributed by atoms with E-state index in [2.05, 4.69) is 15.3 Å². The third kappa shape index (κ3) is 3.03. The summed E-state index contributed by atoms with van der Waals surface area (Å²) in [5.41, 5.74) is 0.225. The van der Waals surface area contributed by atoms with Crippen LogP contribution in [0.4, 0.5) is 5.82 Å². The van der Waals surface area contributed by atoms with Gasteiger partial charge in [-0.05, 0) is 6.42 Å². The normalized spacial score (nSPS) is 18.4. The van der Waals surface area contributed by atoms with Gasteiger partial charge in [-0.25, -0.2) is 9.97 Å². The Hall–Kier alpha value is -2.20. The van der Waals surface area contributed by atoms with Crippen LogP contribution < -0.4 is 10.2 Å². The summed E-state index contributed by atoms with van der Waals surface area (Å²) in [5.74, 6) is 0.330. The first kappa shape index (κ1) is 14.2. The van der Waals surface area contributed by atoms with Gasteiger partial charge in [-0.15, -0.1) is 0 Å². The molecule has 7 nitrogen and oxygen atoms in total. The highest BCUT2D eigenvalue weighted by molar-refractivity contribution is 5.85. The van der Waals surface area contributed by atoms with Crippen LogP contribution in [0, 0.1) is 11.3 Å². The van der Waals surface area contributed by atoms with Gasteiger partial charge in [-0.2, -0.15) is 5.26 Å². The summed E-state index contributed by atoms with van der Waals surface area (Å²) in [6, 6.07) is 1.53. The molecule has 0 radical (unpaired) electrons. The van der Waals surface area contributed by atoms with Gasteiger partial charge in [0, 0.05) is 25.5 Å². The molecule has 1 amide bonds. The molecule has 1 aliphatic rings.